The number of hydrogen-bond donors (Lipinski definition) is 0. The van der Waals surface area contributed by atoms with Gasteiger partial charge < -0.3 is 0 Å². The van der Waals surface area contributed by atoms with Gasteiger partial charge in [0.15, 0.2) is 0 Å². The Morgan fingerprint density at radius 1 is 1.45 bits per heavy atom. The van der Waals surface area contributed by atoms with Gasteiger partial charge in [-0.1, -0.05) is 37.3 Å². The van der Waals surface area contributed by atoms with Crippen molar-refractivity contribution in [1.82, 2.24) is 0 Å². The van der Waals surface area contributed by atoms with E-state index in [9.17, 15) is 0 Å². The zero-order valence-corrected chi connectivity index (χ0v) is 7.90. The van der Waals surface area contributed by atoms with Crippen LogP contribution in [-0.2, 0) is 0 Å². The molecule has 1 aliphatic carbocycles. The fourth-order valence-electron chi connectivity index (χ4n) is 1.01. The molecule has 0 aromatic heterocycles. The van der Waals surface area contributed by atoms with Crippen LogP contribution in [0.15, 0.2) is 35.3 Å². The Hall–Kier alpha value is -0.430. The summed E-state index contributed by atoms with van der Waals surface area (Å²) in [5.74, 6) is 0.589. The van der Waals surface area contributed by atoms with Crippen LogP contribution in [0.3, 0.4) is 0 Å². The molecule has 11 heavy (non-hydrogen) atoms. The van der Waals surface area contributed by atoms with E-state index in [0.29, 0.717) is 5.92 Å². The Labute approximate surface area is 73.1 Å². The van der Waals surface area contributed by atoms with Crippen molar-refractivity contribution in [2.45, 2.75) is 13.3 Å². The van der Waals surface area contributed by atoms with Crippen LogP contribution >= 0.6 is 11.8 Å². The molecule has 0 radical (unpaired) electrons. The normalized spacial score (nSPS) is 30.0. The summed E-state index contributed by atoms with van der Waals surface area (Å²) in [6.45, 7) is 2.20. The summed E-state index contributed by atoms with van der Waals surface area (Å²) in [4.78, 5) is 1.38. The topological polar surface area (TPSA) is 0 Å². The van der Waals surface area contributed by atoms with Crippen molar-refractivity contribution in [2.75, 3.05) is 6.26 Å². The lowest BCUT2D eigenvalue weighted by Gasteiger charge is -2.02. The van der Waals surface area contributed by atoms with E-state index in [-0.39, 0.29) is 0 Å². The molecule has 0 heterocycles. The van der Waals surface area contributed by atoms with E-state index in [1.54, 1.807) is 0 Å². The number of allylic oxidation sites excluding steroid dienone is 5. The van der Waals surface area contributed by atoms with Crippen molar-refractivity contribution < 1.29 is 0 Å². The Kier molecular flexibility index (Phi) is 3.50. The SMILES string of the molecule is CSC1=CC/C=C\C(C)/C=C\1. The van der Waals surface area contributed by atoms with Crippen LogP contribution in [0.2, 0.25) is 0 Å². The van der Waals surface area contributed by atoms with Gasteiger partial charge in [-0.25, -0.2) is 0 Å². The number of hydrogen-bond acceptors (Lipinski definition) is 1. The van der Waals surface area contributed by atoms with E-state index < -0.39 is 0 Å². The van der Waals surface area contributed by atoms with Crippen molar-refractivity contribution in [3.05, 3.63) is 35.3 Å². The van der Waals surface area contributed by atoms with Gasteiger partial charge in [0.25, 0.3) is 0 Å². The Bertz CT molecular complexity index is 199. The van der Waals surface area contributed by atoms with Gasteiger partial charge in [0.05, 0.1) is 0 Å². The summed E-state index contributed by atoms with van der Waals surface area (Å²) in [5.41, 5.74) is 0. The van der Waals surface area contributed by atoms with E-state index >= 15 is 0 Å². The lowest BCUT2D eigenvalue weighted by atomic mass is 10.1. The Morgan fingerprint density at radius 3 is 3.00 bits per heavy atom. The highest BCUT2D eigenvalue weighted by molar-refractivity contribution is 8.02. The molecule has 1 aliphatic rings. The smallest absolute Gasteiger partial charge is 0.00293 e. The van der Waals surface area contributed by atoms with Crippen LogP contribution in [0, 0.1) is 5.92 Å². The summed E-state index contributed by atoms with van der Waals surface area (Å²) in [7, 11) is 0. The zero-order valence-electron chi connectivity index (χ0n) is 7.08. The van der Waals surface area contributed by atoms with E-state index in [2.05, 4.69) is 43.6 Å². The predicted octanol–water partition coefficient (Wildman–Crippen LogP) is 3.39. The van der Waals surface area contributed by atoms with Crippen LogP contribution in [-0.4, -0.2) is 6.26 Å². The van der Waals surface area contributed by atoms with Crippen molar-refractivity contribution in [3.63, 3.8) is 0 Å². The third kappa shape index (κ3) is 2.98. The zero-order chi connectivity index (χ0) is 8.10. The van der Waals surface area contributed by atoms with E-state index in [1.807, 2.05) is 11.8 Å². The fraction of sp³-hybridized carbons (Fsp3) is 0.400. The molecule has 0 saturated carbocycles. The van der Waals surface area contributed by atoms with E-state index in [4.69, 9.17) is 0 Å². The summed E-state index contributed by atoms with van der Waals surface area (Å²) in [5, 5.41) is 0. The second kappa shape index (κ2) is 4.45. The molecule has 0 amide bonds. The molecule has 0 aliphatic heterocycles. The molecule has 0 saturated heterocycles. The second-order valence-corrected chi connectivity index (χ2v) is 3.57. The predicted molar refractivity (Wildman–Crippen MR) is 53.7 cm³/mol. The molecule has 60 valence electrons. The average Bonchev–Trinajstić information content (AvgIpc) is 1.98. The van der Waals surface area contributed by atoms with Crippen molar-refractivity contribution in [2.24, 2.45) is 5.92 Å². The van der Waals surface area contributed by atoms with Gasteiger partial charge in [0.1, 0.15) is 0 Å². The molecule has 0 N–H and O–H groups in total. The van der Waals surface area contributed by atoms with Gasteiger partial charge in [-0.3, -0.25) is 0 Å². The summed E-state index contributed by atoms with van der Waals surface area (Å²) < 4.78 is 0. The molecule has 0 aromatic rings. The molecule has 1 heteroatoms. The number of thioether (sulfide) groups is 1. The molecular weight excluding hydrogens is 152 g/mol. The van der Waals surface area contributed by atoms with Gasteiger partial charge in [-0.15, -0.1) is 11.8 Å². The molecule has 1 atom stereocenters. The summed E-state index contributed by atoms with van der Waals surface area (Å²) in [6, 6.07) is 0. The maximum Gasteiger partial charge on any atom is 0.00293 e. The van der Waals surface area contributed by atoms with Gasteiger partial charge in [0, 0.05) is 4.91 Å². The van der Waals surface area contributed by atoms with Crippen LogP contribution < -0.4 is 0 Å². The molecule has 0 fully saturated rings. The first-order valence-electron chi connectivity index (χ1n) is 3.92. The maximum absolute atomic E-state index is 2.25. The molecule has 1 rings (SSSR count). The summed E-state index contributed by atoms with van der Waals surface area (Å²) >= 11 is 1.81. The van der Waals surface area contributed by atoms with Crippen molar-refractivity contribution in [1.29, 1.82) is 0 Å². The Morgan fingerprint density at radius 2 is 2.27 bits per heavy atom. The minimum atomic E-state index is 0.589. The highest BCUT2D eigenvalue weighted by Crippen LogP contribution is 2.17. The Balaban J connectivity index is 2.70. The third-order valence-corrected chi connectivity index (χ3v) is 2.47. The van der Waals surface area contributed by atoms with Crippen LogP contribution in [0.1, 0.15) is 13.3 Å². The highest BCUT2D eigenvalue weighted by Gasteiger charge is 1.94. The number of rotatable bonds is 1. The van der Waals surface area contributed by atoms with Crippen molar-refractivity contribution in [3.8, 4) is 0 Å². The molecule has 0 bridgehead atoms. The van der Waals surface area contributed by atoms with Crippen molar-refractivity contribution >= 4 is 11.8 Å². The second-order valence-electron chi connectivity index (χ2n) is 2.69. The molecular formula is C10H14S. The van der Waals surface area contributed by atoms with E-state index in [1.165, 1.54) is 4.91 Å². The minimum absolute atomic E-state index is 0.589. The first-order valence-corrected chi connectivity index (χ1v) is 5.14. The fourth-order valence-corrected chi connectivity index (χ4v) is 1.49. The molecule has 1 unspecified atom stereocenters. The first kappa shape index (κ1) is 8.66. The maximum atomic E-state index is 2.25. The lowest BCUT2D eigenvalue weighted by Crippen LogP contribution is -1.84. The third-order valence-electron chi connectivity index (χ3n) is 1.69. The molecule has 0 nitrogen and oxygen atoms in total. The van der Waals surface area contributed by atoms with Crippen LogP contribution in [0.5, 0.6) is 0 Å². The van der Waals surface area contributed by atoms with Gasteiger partial charge >= 0.3 is 0 Å². The largest absolute Gasteiger partial charge is 0.130 e. The van der Waals surface area contributed by atoms with Gasteiger partial charge in [-0.05, 0) is 18.6 Å². The quantitative estimate of drug-likeness (QED) is 0.538. The lowest BCUT2D eigenvalue weighted by molar-refractivity contribution is 0.930. The monoisotopic (exact) mass is 166 g/mol. The average molecular weight is 166 g/mol. The van der Waals surface area contributed by atoms with Gasteiger partial charge in [-0.2, -0.15) is 0 Å². The van der Waals surface area contributed by atoms with Gasteiger partial charge in [0.2, 0.25) is 0 Å². The molecule has 0 spiro atoms. The van der Waals surface area contributed by atoms with E-state index in [0.717, 1.165) is 6.42 Å². The molecule has 0 aromatic carbocycles. The minimum Gasteiger partial charge on any atom is -0.130 e. The van der Waals surface area contributed by atoms with Crippen LogP contribution in [0.4, 0.5) is 0 Å². The van der Waals surface area contributed by atoms with Crippen LogP contribution in [0.25, 0.3) is 0 Å². The standard InChI is InChI=1S/C10H14S/c1-9-5-3-4-6-10(11-2)8-7-9/h3,5-9H,4H2,1-2H3/b5-3-,8-7-,10-6?. The first-order chi connectivity index (χ1) is 5.33. The summed E-state index contributed by atoms with van der Waals surface area (Å²) in [6.07, 6.45) is 14.4. The highest BCUT2D eigenvalue weighted by atomic mass is 32.2.